The predicted molar refractivity (Wildman–Crippen MR) is 98.1 cm³/mol. The fourth-order valence-electron chi connectivity index (χ4n) is 2.76. The number of nitrogens with two attached hydrogens (primary N) is 1. The quantitative estimate of drug-likeness (QED) is 0.130. The van der Waals surface area contributed by atoms with Crippen molar-refractivity contribution in [2.45, 2.75) is 24.5 Å². The number of ether oxygens (including phenoxy) is 1. The predicted octanol–water partition coefficient (Wildman–Crippen LogP) is -2.76. The van der Waals surface area contributed by atoms with Crippen LogP contribution in [0.2, 0.25) is 0 Å². The molecule has 1 fully saturated rings. The molecule has 0 radical (unpaired) electrons. The molecule has 0 amide bonds. The molecule has 20 heteroatoms. The molecule has 8 N–H and O–H groups in total. The Morgan fingerprint density at radius 2 is 1.87 bits per heavy atom. The Morgan fingerprint density at radius 3 is 2.52 bits per heavy atom. The molecule has 1 aliphatic rings. The summed E-state index contributed by atoms with van der Waals surface area (Å²) in [5.41, 5.74) is 6.05. The monoisotopic (exact) mass is 549 g/mol. The van der Waals surface area contributed by atoms with Gasteiger partial charge in [-0.2, -0.15) is 0 Å². The van der Waals surface area contributed by atoms with Crippen molar-refractivity contribution in [2.75, 3.05) is 17.3 Å². The Morgan fingerprint density at radius 1 is 1.19 bits per heavy atom. The topological polar surface area (TPSA) is 270 Å². The van der Waals surface area contributed by atoms with Gasteiger partial charge in [0.15, 0.2) is 5.82 Å². The second-order valence-electron chi connectivity index (χ2n) is 6.42. The van der Waals surface area contributed by atoms with E-state index in [1.165, 1.54) is 10.9 Å². The van der Waals surface area contributed by atoms with Gasteiger partial charge in [-0.1, -0.05) is 0 Å². The second kappa shape index (κ2) is 8.63. The van der Waals surface area contributed by atoms with Gasteiger partial charge in [0.2, 0.25) is 0 Å². The molecule has 0 aliphatic carbocycles. The fourth-order valence-corrected chi connectivity index (χ4v) is 9.16. The molecule has 6 unspecified atom stereocenters. The van der Waals surface area contributed by atoms with E-state index in [9.17, 15) is 32.9 Å². The number of nitrogen functional groups attached to an aromatic ring is 1. The molecule has 2 aromatic rings. The van der Waals surface area contributed by atoms with Crippen LogP contribution in [0.25, 0.3) is 11.2 Å². The maximum atomic E-state index is 11.9. The van der Waals surface area contributed by atoms with Gasteiger partial charge in [-0.05, 0) is 0 Å². The van der Waals surface area contributed by atoms with Crippen LogP contribution < -0.4 is 5.73 Å². The number of aliphatic hydroxyl groups excluding tert-OH is 2. The third-order valence-electron chi connectivity index (χ3n) is 3.99. The number of aliphatic hydroxyl groups is 2. The van der Waals surface area contributed by atoms with Crippen LogP contribution in [0.15, 0.2) is 12.7 Å². The molecule has 3 rings (SSSR count). The van der Waals surface area contributed by atoms with Gasteiger partial charge >= 0.3 is 152 Å². The van der Waals surface area contributed by atoms with Crippen LogP contribution in [0.3, 0.4) is 0 Å². The second-order valence-corrected chi connectivity index (χ2v) is 14.4. The van der Waals surface area contributed by atoms with Crippen LogP contribution in [0.1, 0.15) is 6.23 Å². The van der Waals surface area contributed by atoms with E-state index in [4.69, 9.17) is 18.7 Å². The first-order valence-electron chi connectivity index (χ1n) is 8.19. The zero-order chi connectivity index (χ0) is 23.2. The van der Waals surface area contributed by atoms with E-state index in [1.807, 2.05) is 0 Å². The van der Waals surface area contributed by atoms with Crippen LogP contribution in [0.5, 0.6) is 0 Å². The number of imidazole rings is 1. The van der Waals surface area contributed by atoms with Crippen LogP contribution >= 0.6 is 15.4 Å². The Bertz CT molecular complexity index is 1110. The zero-order valence-electron chi connectivity index (χ0n) is 15.2. The van der Waals surface area contributed by atoms with E-state index in [2.05, 4.69) is 23.8 Å². The van der Waals surface area contributed by atoms with Crippen molar-refractivity contribution in [3.8, 4) is 0 Å². The molecule has 17 nitrogen and oxygen atoms in total. The summed E-state index contributed by atoms with van der Waals surface area (Å²) in [7, 11) is -10.5. The average Bonchev–Trinajstić information content (AvgIpc) is 3.13. The van der Waals surface area contributed by atoms with E-state index in [1.54, 1.807) is 0 Å². The molecular weight excluding hydrogens is 531 g/mol. The maximum absolute atomic E-state index is 11.9. The Balaban J connectivity index is 1.69. The summed E-state index contributed by atoms with van der Waals surface area (Å²) in [4.78, 5) is 29.0. The van der Waals surface area contributed by atoms with Gasteiger partial charge in [0.1, 0.15) is 6.33 Å². The molecule has 174 valence electrons. The molecule has 1 aliphatic heterocycles. The molecule has 1 saturated heterocycles. The molecule has 0 bridgehead atoms. The first-order valence-corrected chi connectivity index (χ1v) is 15.2. The van der Waals surface area contributed by atoms with Crippen molar-refractivity contribution in [2.24, 2.45) is 0 Å². The van der Waals surface area contributed by atoms with Crippen molar-refractivity contribution in [1.29, 1.82) is 0 Å². The standard InChI is InChI=1S/C11H18AsN5O12P2/c13-9-6-10(15-3-14-9)17(4-16-6)11-8(19)7(18)5(28-11)1-27-31(25,26)29-30(23,24)2-12(20,21)22/h3-5,7-8,11,18-19H,1-2H2,(H,23,24)(H,25,26)(H2,13,14,15)(H2,20,21,22). The summed E-state index contributed by atoms with van der Waals surface area (Å²) in [6.07, 6.45) is -3.53. The number of rotatable bonds is 8. The molecule has 31 heavy (non-hydrogen) atoms. The zero-order valence-corrected chi connectivity index (χ0v) is 18.9. The van der Waals surface area contributed by atoms with E-state index in [0.717, 1.165) is 6.33 Å². The van der Waals surface area contributed by atoms with Crippen molar-refractivity contribution in [1.82, 2.24) is 19.5 Å². The number of aromatic nitrogens is 4. The van der Waals surface area contributed by atoms with E-state index < -0.39 is 65.7 Å². The minimum atomic E-state index is -5.67. The van der Waals surface area contributed by atoms with Gasteiger partial charge in [-0.25, -0.2) is 4.98 Å². The first kappa shape index (κ1) is 24.5. The molecule has 2 aromatic heterocycles. The first-order chi connectivity index (χ1) is 14.2. The summed E-state index contributed by atoms with van der Waals surface area (Å²) in [5, 5.41) is 20.5. The fraction of sp³-hybridized carbons (Fsp3) is 0.545. The summed E-state index contributed by atoms with van der Waals surface area (Å²) in [6.45, 7) is -0.896. The summed E-state index contributed by atoms with van der Waals surface area (Å²) < 4.78 is 67.0. The third kappa shape index (κ3) is 5.79. The Kier molecular flexibility index (Phi) is 6.81. The van der Waals surface area contributed by atoms with Gasteiger partial charge < -0.3 is 5.73 Å². The van der Waals surface area contributed by atoms with Crippen LogP contribution in [0.4, 0.5) is 5.82 Å². The number of nitrogens with zero attached hydrogens (tertiary/aromatic N) is 4. The average molecular weight is 549 g/mol. The molecule has 6 atom stereocenters. The number of fused-ring (bicyclic) bond motifs is 1. The van der Waals surface area contributed by atoms with Crippen LogP contribution in [0, 0.1) is 0 Å². The summed E-state index contributed by atoms with van der Waals surface area (Å²) in [5.74, 6) is 0.0557. The summed E-state index contributed by atoms with van der Waals surface area (Å²) in [6, 6.07) is 0. The van der Waals surface area contributed by atoms with Crippen LogP contribution in [-0.2, 0) is 26.4 Å². The molecule has 0 spiro atoms. The molecule has 0 aromatic carbocycles. The summed E-state index contributed by atoms with van der Waals surface area (Å²) >= 11 is -5.67. The van der Waals surface area contributed by atoms with Crippen molar-refractivity contribution < 1.29 is 54.6 Å². The minimum absolute atomic E-state index is 0.0557. The molecular formula is C11H18AsN5O12P2. The number of phosphoric acid groups is 1. The van der Waals surface area contributed by atoms with Gasteiger partial charge in [0.25, 0.3) is 0 Å². The van der Waals surface area contributed by atoms with Gasteiger partial charge in [0, 0.05) is 0 Å². The van der Waals surface area contributed by atoms with Crippen molar-refractivity contribution in [3.05, 3.63) is 12.7 Å². The van der Waals surface area contributed by atoms with E-state index >= 15 is 0 Å². The number of hydrogen-bond donors (Lipinski definition) is 7. The van der Waals surface area contributed by atoms with Crippen LogP contribution in [-0.4, -0.2) is 91.8 Å². The number of phosphoric ester groups is 1. The number of anilines is 1. The van der Waals surface area contributed by atoms with E-state index in [-0.39, 0.29) is 17.0 Å². The van der Waals surface area contributed by atoms with Gasteiger partial charge in [0.05, 0.1) is 0 Å². The number of hydrogen-bond acceptors (Lipinski definition) is 12. The third-order valence-corrected chi connectivity index (χ3v) is 11.6. The van der Waals surface area contributed by atoms with Crippen molar-refractivity contribution >= 4 is 46.6 Å². The molecule has 0 saturated carbocycles. The van der Waals surface area contributed by atoms with Gasteiger partial charge in [-0.3, -0.25) is 0 Å². The Hall–Kier alpha value is -1.19. The SMILES string of the molecule is Nc1ncnc2c1ncn2C1OC(COP(=O)(O)OP(=O)(O)C[As](=O)(O)O)C(O)C1O. The van der Waals surface area contributed by atoms with E-state index in [0.29, 0.717) is 0 Å². The van der Waals surface area contributed by atoms with Crippen molar-refractivity contribution in [3.63, 3.8) is 0 Å². The normalized spacial score (nSPS) is 28.5. The molecule has 3 heterocycles. The Labute approximate surface area is 175 Å². The van der Waals surface area contributed by atoms with Gasteiger partial charge in [-0.15, -0.1) is 0 Å².